The van der Waals surface area contributed by atoms with Crippen molar-refractivity contribution in [1.82, 2.24) is 26.6 Å². The van der Waals surface area contributed by atoms with E-state index in [1.54, 1.807) is 0 Å². The van der Waals surface area contributed by atoms with Crippen molar-refractivity contribution in [3.8, 4) is 0 Å². The lowest BCUT2D eigenvalue weighted by Crippen LogP contribution is -2.50. The minimum absolute atomic E-state index is 0.109. The van der Waals surface area contributed by atoms with Gasteiger partial charge >= 0.3 is 5.97 Å². The Kier molecular flexibility index (Phi) is 13.5. The van der Waals surface area contributed by atoms with Crippen LogP contribution in [-0.4, -0.2) is 72.4 Å². The summed E-state index contributed by atoms with van der Waals surface area (Å²) in [6, 6.07) is -2.01. The standard InChI is InChI=1S/C17H33N9O5/c1-10(27)25-11(5-2-3-7-22-16(18)19)14(29)24-9-13(28)26-12(15(30)31)6-4-8-23-17(20)21/h11-12H,2-9H2,1H3,(H,24,29)(H,25,27)(H,26,28)(H,30,31)(H4,18,19,22)(H4,20,21,23)/t11-,12-/m0/s1. The average Bonchev–Trinajstić information content (AvgIpc) is 2.66. The van der Waals surface area contributed by atoms with E-state index in [1.807, 2.05) is 0 Å². The molecule has 14 heteroatoms. The molecule has 0 fully saturated rings. The molecular formula is C17H33N9O5. The van der Waals surface area contributed by atoms with Gasteiger partial charge in [-0.05, 0) is 32.1 Å². The van der Waals surface area contributed by atoms with E-state index in [0.717, 1.165) is 0 Å². The number of carboxylic acids is 1. The highest BCUT2D eigenvalue weighted by atomic mass is 16.4. The predicted molar refractivity (Wildman–Crippen MR) is 113 cm³/mol. The third kappa shape index (κ3) is 15.0. The molecule has 0 aromatic heterocycles. The second-order valence-corrected chi connectivity index (χ2v) is 6.75. The van der Waals surface area contributed by atoms with Gasteiger partial charge in [-0.25, -0.2) is 4.79 Å². The van der Waals surface area contributed by atoms with Crippen molar-refractivity contribution >= 4 is 35.6 Å². The monoisotopic (exact) mass is 443 g/mol. The number of amides is 3. The smallest absolute Gasteiger partial charge is 0.326 e. The van der Waals surface area contributed by atoms with Crippen molar-refractivity contribution in [1.29, 1.82) is 10.8 Å². The minimum atomic E-state index is -1.22. The van der Waals surface area contributed by atoms with E-state index in [1.165, 1.54) is 6.92 Å². The molecule has 0 radical (unpaired) electrons. The average molecular weight is 444 g/mol. The fourth-order valence-corrected chi connectivity index (χ4v) is 2.53. The molecule has 2 atom stereocenters. The van der Waals surface area contributed by atoms with Crippen molar-refractivity contribution in [3.63, 3.8) is 0 Å². The quantitative estimate of drug-likeness (QED) is 0.0706. The number of aliphatic carboxylic acids is 1. The molecule has 12 N–H and O–H groups in total. The van der Waals surface area contributed by atoms with Crippen LogP contribution in [0.1, 0.15) is 39.0 Å². The van der Waals surface area contributed by atoms with Gasteiger partial charge in [0.15, 0.2) is 11.9 Å². The highest BCUT2D eigenvalue weighted by Crippen LogP contribution is 2.02. The lowest BCUT2D eigenvalue weighted by Gasteiger charge is -2.18. The van der Waals surface area contributed by atoms with Gasteiger partial charge in [-0.1, -0.05) is 0 Å². The van der Waals surface area contributed by atoms with Gasteiger partial charge in [0, 0.05) is 20.0 Å². The predicted octanol–water partition coefficient (Wildman–Crippen LogP) is -2.91. The van der Waals surface area contributed by atoms with Crippen LogP contribution in [0.5, 0.6) is 0 Å². The number of nitrogens with two attached hydrogens (primary N) is 2. The van der Waals surface area contributed by atoms with Crippen molar-refractivity contribution in [2.75, 3.05) is 19.6 Å². The minimum Gasteiger partial charge on any atom is -0.480 e. The molecule has 14 nitrogen and oxygen atoms in total. The van der Waals surface area contributed by atoms with Gasteiger partial charge in [-0.2, -0.15) is 0 Å². The Hall–Kier alpha value is -3.58. The van der Waals surface area contributed by atoms with Crippen LogP contribution in [0.25, 0.3) is 0 Å². The van der Waals surface area contributed by atoms with Gasteiger partial charge in [0.2, 0.25) is 17.7 Å². The van der Waals surface area contributed by atoms with Gasteiger partial charge in [0.05, 0.1) is 6.54 Å². The van der Waals surface area contributed by atoms with Gasteiger partial charge in [-0.15, -0.1) is 0 Å². The first-order chi connectivity index (χ1) is 14.5. The van der Waals surface area contributed by atoms with E-state index < -0.39 is 42.3 Å². The van der Waals surface area contributed by atoms with Gasteiger partial charge in [0.25, 0.3) is 0 Å². The number of nitrogens with one attached hydrogen (secondary N) is 7. The third-order valence-electron chi connectivity index (χ3n) is 3.97. The summed E-state index contributed by atoms with van der Waals surface area (Å²) in [5.74, 6) is -3.27. The molecule has 0 aromatic rings. The summed E-state index contributed by atoms with van der Waals surface area (Å²) in [7, 11) is 0. The largest absolute Gasteiger partial charge is 0.480 e. The number of hydrogen-bond acceptors (Lipinski definition) is 6. The Morgan fingerprint density at radius 3 is 1.90 bits per heavy atom. The SMILES string of the molecule is CC(=O)N[C@@H](CCCCNC(=N)N)C(=O)NCC(=O)N[C@@H](CCCNC(=N)N)C(=O)O. The van der Waals surface area contributed by atoms with Crippen molar-refractivity contribution in [2.24, 2.45) is 11.5 Å². The molecule has 0 rings (SSSR count). The zero-order chi connectivity index (χ0) is 23.8. The Balaban J connectivity index is 4.49. The Labute approximate surface area is 180 Å². The third-order valence-corrected chi connectivity index (χ3v) is 3.97. The number of rotatable bonds is 15. The number of hydrogen-bond donors (Lipinski definition) is 10. The fourth-order valence-electron chi connectivity index (χ4n) is 2.53. The molecule has 0 aliphatic carbocycles. The number of unbranched alkanes of at least 4 members (excludes halogenated alkanes) is 1. The van der Waals surface area contributed by atoms with Crippen LogP contribution in [0.3, 0.4) is 0 Å². The molecule has 176 valence electrons. The lowest BCUT2D eigenvalue weighted by atomic mass is 10.1. The molecule has 0 unspecified atom stereocenters. The molecular weight excluding hydrogens is 410 g/mol. The zero-order valence-electron chi connectivity index (χ0n) is 17.5. The maximum atomic E-state index is 12.3. The molecule has 31 heavy (non-hydrogen) atoms. The van der Waals surface area contributed by atoms with Gasteiger partial charge < -0.3 is 43.2 Å². The molecule has 0 aliphatic rings. The van der Waals surface area contributed by atoms with E-state index >= 15 is 0 Å². The summed E-state index contributed by atoms with van der Waals surface area (Å²) >= 11 is 0. The molecule has 0 spiro atoms. The molecule has 0 saturated heterocycles. The number of carbonyl (C=O) groups is 4. The van der Waals surface area contributed by atoms with Crippen LogP contribution in [0, 0.1) is 10.8 Å². The summed E-state index contributed by atoms with van der Waals surface area (Å²) in [6.07, 6.45) is 1.94. The van der Waals surface area contributed by atoms with Crippen LogP contribution in [-0.2, 0) is 19.2 Å². The van der Waals surface area contributed by atoms with E-state index in [4.69, 9.17) is 22.3 Å². The van der Waals surface area contributed by atoms with Gasteiger partial charge in [0.1, 0.15) is 12.1 Å². The lowest BCUT2D eigenvalue weighted by molar-refractivity contribution is -0.142. The first kappa shape index (κ1) is 27.4. The van der Waals surface area contributed by atoms with Crippen molar-refractivity contribution < 1.29 is 24.3 Å². The molecule has 0 saturated carbocycles. The number of guanidine groups is 2. The number of carboxylic acid groups (broad SMARTS) is 1. The van der Waals surface area contributed by atoms with Gasteiger partial charge in [-0.3, -0.25) is 25.2 Å². The van der Waals surface area contributed by atoms with E-state index in [-0.39, 0.29) is 24.9 Å². The highest BCUT2D eigenvalue weighted by molar-refractivity contribution is 5.91. The topological polar surface area (TPSA) is 248 Å². The first-order valence-electron chi connectivity index (χ1n) is 9.75. The summed E-state index contributed by atoms with van der Waals surface area (Å²) in [5, 5.41) is 35.7. The summed E-state index contributed by atoms with van der Waals surface area (Å²) in [5.41, 5.74) is 10.3. The van der Waals surface area contributed by atoms with Crippen LogP contribution < -0.4 is 38.1 Å². The first-order valence-corrected chi connectivity index (χ1v) is 9.75. The van der Waals surface area contributed by atoms with Crippen LogP contribution in [0.2, 0.25) is 0 Å². The van der Waals surface area contributed by atoms with Crippen LogP contribution in [0.15, 0.2) is 0 Å². The maximum Gasteiger partial charge on any atom is 0.326 e. The zero-order valence-corrected chi connectivity index (χ0v) is 17.5. The Morgan fingerprint density at radius 2 is 1.39 bits per heavy atom. The maximum absolute atomic E-state index is 12.3. The second-order valence-electron chi connectivity index (χ2n) is 6.75. The van der Waals surface area contributed by atoms with Crippen LogP contribution in [0.4, 0.5) is 0 Å². The molecule has 3 amide bonds. The van der Waals surface area contributed by atoms with E-state index in [9.17, 15) is 24.3 Å². The Morgan fingerprint density at radius 1 is 0.839 bits per heavy atom. The van der Waals surface area contributed by atoms with Crippen molar-refractivity contribution in [2.45, 2.75) is 51.1 Å². The summed E-state index contributed by atoms with van der Waals surface area (Å²) in [6.45, 7) is 1.55. The van der Waals surface area contributed by atoms with E-state index in [0.29, 0.717) is 32.2 Å². The van der Waals surface area contributed by atoms with Crippen molar-refractivity contribution in [3.05, 3.63) is 0 Å². The van der Waals surface area contributed by atoms with E-state index in [2.05, 4.69) is 26.6 Å². The molecule has 0 aromatic carbocycles. The summed E-state index contributed by atoms with van der Waals surface area (Å²) in [4.78, 5) is 47.0. The normalized spacial score (nSPS) is 12.0. The fraction of sp³-hybridized carbons (Fsp3) is 0.647. The second kappa shape index (κ2) is 15.3. The molecule has 0 aliphatic heterocycles. The number of carbonyl (C=O) groups excluding carboxylic acids is 3. The Bertz CT molecular complexity index is 656. The van der Waals surface area contributed by atoms with Crippen LogP contribution >= 0.6 is 0 Å². The summed E-state index contributed by atoms with van der Waals surface area (Å²) < 4.78 is 0. The highest BCUT2D eigenvalue weighted by Gasteiger charge is 2.22. The molecule has 0 heterocycles. The molecule has 0 bridgehead atoms.